The Balaban J connectivity index is 3.16. The van der Waals surface area contributed by atoms with E-state index in [9.17, 15) is 4.79 Å². The van der Waals surface area contributed by atoms with E-state index in [1.807, 2.05) is 0 Å². The Bertz CT molecular complexity index is 164. The molecule has 0 rings (SSSR count). The summed E-state index contributed by atoms with van der Waals surface area (Å²) in [6.07, 6.45) is 3.34. The molecule has 1 N–H and O–H groups in total. The fourth-order valence-corrected chi connectivity index (χ4v) is 0.896. The first-order valence-corrected chi connectivity index (χ1v) is 4.67. The van der Waals surface area contributed by atoms with Crippen molar-refractivity contribution in [3.8, 4) is 0 Å². The summed E-state index contributed by atoms with van der Waals surface area (Å²) < 4.78 is 5.25. The van der Waals surface area contributed by atoms with Crippen molar-refractivity contribution in [3.05, 3.63) is 12.2 Å². The van der Waals surface area contributed by atoms with E-state index in [0.717, 1.165) is 32.5 Å². The number of hydrogen-bond acceptors (Lipinski definition) is 2. The summed E-state index contributed by atoms with van der Waals surface area (Å²) in [6, 6.07) is 0. The largest absolute Gasteiger partial charge is 0.478 e. The Morgan fingerprint density at radius 3 is 2.62 bits per heavy atom. The minimum atomic E-state index is -0.894. The van der Waals surface area contributed by atoms with Crippen molar-refractivity contribution < 1.29 is 14.6 Å². The smallest absolute Gasteiger partial charge is 0.330 e. The first-order valence-electron chi connectivity index (χ1n) is 4.67. The lowest BCUT2D eigenvalue weighted by Gasteiger charge is -2.02. The van der Waals surface area contributed by atoms with Crippen molar-refractivity contribution in [2.24, 2.45) is 0 Å². The maximum Gasteiger partial charge on any atom is 0.330 e. The topological polar surface area (TPSA) is 46.5 Å². The lowest BCUT2D eigenvalue weighted by Crippen LogP contribution is -2.00. The van der Waals surface area contributed by atoms with Crippen LogP contribution < -0.4 is 0 Å². The zero-order chi connectivity index (χ0) is 10.1. The lowest BCUT2D eigenvalue weighted by molar-refractivity contribution is -0.132. The first kappa shape index (κ1) is 12.2. The maximum atomic E-state index is 10.3. The van der Waals surface area contributed by atoms with Crippen LogP contribution >= 0.6 is 0 Å². The molecule has 0 heterocycles. The molecule has 0 spiro atoms. The van der Waals surface area contributed by atoms with E-state index < -0.39 is 5.97 Å². The van der Waals surface area contributed by atoms with E-state index in [2.05, 4.69) is 13.5 Å². The normalized spacial score (nSPS) is 9.92. The molecular formula is C10H18O3. The van der Waals surface area contributed by atoms with Gasteiger partial charge in [-0.3, -0.25) is 0 Å². The minimum Gasteiger partial charge on any atom is -0.478 e. The van der Waals surface area contributed by atoms with Crippen LogP contribution in [0, 0.1) is 0 Å². The van der Waals surface area contributed by atoms with Crippen LogP contribution in [0.4, 0.5) is 0 Å². The first-order chi connectivity index (χ1) is 6.18. The predicted molar refractivity (Wildman–Crippen MR) is 51.7 cm³/mol. The van der Waals surface area contributed by atoms with Crippen LogP contribution in [0.1, 0.15) is 32.6 Å². The molecular weight excluding hydrogens is 168 g/mol. The monoisotopic (exact) mass is 186 g/mol. The molecule has 3 nitrogen and oxygen atoms in total. The second kappa shape index (κ2) is 7.80. The molecule has 0 aromatic heterocycles. The molecule has 0 aromatic carbocycles. The molecule has 0 fully saturated rings. The highest BCUT2D eigenvalue weighted by Crippen LogP contribution is 2.05. The number of rotatable bonds is 8. The quantitative estimate of drug-likeness (QED) is 0.467. The van der Waals surface area contributed by atoms with Gasteiger partial charge in [0.1, 0.15) is 0 Å². The van der Waals surface area contributed by atoms with Crippen LogP contribution in [0.3, 0.4) is 0 Å². The molecule has 0 radical (unpaired) electrons. The fraction of sp³-hybridized carbons (Fsp3) is 0.700. The molecule has 76 valence electrons. The zero-order valence-electron chi connectivity index (χ0n) is 8.21. The number of carboxylic acids is 1. The summed E-state index contributed by atoms with van der Waals surface area (Å²) in [5.74, 6) is -0.894. The van der Waals surface area contributed by atoms with Gasteiger partial charge >= 0.3 is 5.97 Å². The molecule has 0 amide bonds. The van der Waals surface area contributed by atoms with E-state index >= 15 is 0 Å². The number of carbonyl (C=O) groups is 1. The lowest BCUT2D eigenvalue weighted by atomic mass is 10.1. The van der Waals surface area contributed by atoms with Crippen LogP contribution in [-0.4, -0.2) is 24.3 Å². The van der Waals surface area contributed by atoms with Crippen molar-refractivity contribution >= 4 is 5.97 Å². The molecule has 0 aromatic rings. The molecule has 3 heteroatoms. The predicted octanol–water partition coefficient (Wildman–Crippen LogP) is 2.22. The molecule has 0 bridgehead atoms. The fourth-order valence-electron chi connectivity index (χ4n) is 0.896. The standard InChI is InChI=1S/C10H18O3/c1-3-7-13-8-5-4-6-9(2)10(11)12/h2-8H2,1H3,(H,11,12). The molecule has 0 aliphatic rings. The number of carboxylic acid groups (broad SMARTS) is 1. The van der Waals surface area contributed by atoms with Crippen molar-refractivity contribution in [3.63, 3.8) is 0 Å². The van der Waals surface area contributed by atoms with Gasteiger partial charge in [-0.1, -0.05) is 13.5 Å². The van der Waals surface area contributed by atoms with Gasteiger partial charge in [0.2, 0.25) is 0 Å². The van der Waals surface area contributed by atoms with E-state index in [0.29, 0.717) is 6.42 Å². The van der Waals surface area contributed by atoms with Crippen LogP contribution in [0.5, 0.6) is 0 Å². The Labute approximate surface area is 79.4 Å². The van der Waals surface area contributed by atoms with Gasteiger partial charge in [-0.25, -0.2) is 4.79 Å². The van der Waals surface area contributed by atoms with Crippen LogP contribution in [0.2, 0.25) is 0 Å². The van der Waals surface area contributed by atoms with E-state index in [4.69, 9.17) is 9.84 Å². The Kier molecular flexibility index (Phi) is 7.30. The van der Waals surface area contributed by atoms with E-state index in [1.165, 1.54) is 0 Å². The second-order valence-corrected chi connectivity index (χ2v) is 2.98. The average molecular weight is 186 g/mol. The van der Waals surface area contributed by atoms with Gasteiger partial charge in [0, 0.05) is 18.8 Å². The molecule has 0 aliphatic heterocycles. The summed E-state index contributed by atoms with van der Waals surface area (Å²) in [5, 5.41) is 8.49. The highest BCUT2D eigenvalue weighted by molar-refractivity contribution is 5.85. The van der Waals surface area contributed by atoms with Gasteiger partial charge < -0.3 is 9.84 Å². The summed E-state index contributed by atoms with van der Waals surface area (Å²) in [6.45, 7) is 7.02. The highest BCUT2D eigenvalue weighted by atomic mass is 16.5. The number of hydrogen-bond donors (Lipinski definition) is 1. The molecule has 0 unspecified atom stereocenters. The Morgan fingerprint density at radius 2 is 2.08 bits per heavy atom. The molecule has 0 aliphatic carbocycles. The average Bonchev–Trinajstić information content (AvgIpc) is 2.10. The van der Waals surface area contributed by atoms with Gasteiger partial charge in [-0.2, -0.15) is 0 Å². The molecule has 0 atom stereocenters. The van der Waals surface area contributed by atoms with E-state index in [-0.39, 0.29) is 5.57 Å². The zero-order valence-corrected chi connectivity index (χ0v) is 8.21. The molecule has 13 heavy (non-hydrogen) atoms. The molecule has 0 saturated heterocycles. The highest BCUT2D eigenvalue weighted by Gasteiger charge is 2.02. The van der Waals surface area contributed by atoms with Crippen LogP contribution in [0.25, 0.3) is 0 Å². The Hall–Kier alpha value is -0.830. The van der Waals surface area contributed by atoms with Gasteiger partial charge in [0.05, 0.1) is 0 Å². The van der Waals surface area contributed by atoms with Crippen molar-refractivity contribution in [2.45, 2.75) is 32.6 Å². The summed E-state index contributed by atoms with van der Waals surface area (Å²) in [7, 11) is 0. The number of aliphatic carboxylic acids is 1. The van der Waals surface area contributed by atoms with Gasteiger partial charge in [0.25, 0.3) is 0 Å². The minimum absolute atomic E-state index is 0.287. The van der Waals surface area contributed by atoms with Gasteiger partial charge in [0.15, 0.2) is 0 Å². The Morgan fingerprint density at radius 1 is 1.38 bits per heavy atom. The SMILES string of the molecule is C=C(CCCCOCCC)C(=O)O. The summed E-state index contributed by atoms with van der Waals surface area (Å²) in [5.41, 5.74) is 0.287. The third-order valence-electron chi connectivity index (χ3n) is 1.67. The van der Waals surface area contributed by atoms with Crippen LogP contribution in [0.15, 0.2) is 12.2 Å². The van der Waals surface area contributed by atoms with Gasteiger partial charge in [-0.05, 0) is 25.7 Å². The third kappa shape index (κ3) is 7.53. The van der Waals surface area contributed by atoms with Crippen LogP contribution in [-0.2, 0) is 9.53 Å². The summed E-state index contributed by atoms with van der Waals surface area (Å²) in [4.78, 5) is 10.3. The molecule has 0 saturated carbocycles. The van der Waals surface area contributed by atoms with Crippen molar-refractivity contribution in [1.29, 1.82) is 0 Å². The second-order valence-electron chi connectivity index (χ2n) is 2.98. The third-order valence-corrected chi connectivity index (χ3v) is 1.67. The van der Waals surface area contributed by atoms with E-state index in [1.54, 1.807) is 0 Å². The maximum absolute atomic E-state index is 10.3. The summed E-state index contributed by atoms with van der Waals surface area (Å²) >= 11 is 0. The van der Waals surface area contributed by atoms with Crippen molar-refractivity contribution in [1.82, 2.24) is 0 Å². The number of unbranched alkanes of at least 4 members (excludes halogenated alkanes) is 1. The van der Waals surface area contributed by atoms with Gasteiger partial charge in [-0.15, -0.1) is 0 Å². The van der Waals surface area contributed by atoms with Crippen molar-refractivity contribution in [2.75, 3.05) is 13.2 Å². The number of ether oxygens (including phenoxy) is 1.